The third-order valence-corrected chi connectivity index (χ3v) is 4.31. The normalized spacial score (nSPS) is 12.0. The van der Waals surface area contributed by atoms with Crippen molar-refractivity contribution in [1.82, 2.24) is 9.80 Å². The van der Waals surface area contributed by atoms with Crippen molar-refractivity contribution in [2.45, 2.75) is 19.4 Å². The molecule has 0 aliphatic rings. The van der Waals surface area contributed by atoms with E-state index in [0.717, 1.165) is 24.3 Å². The lowest BCUT2D eigenvalue weighted by Crippen LogP contribution is -2.40. The molecule has 4 nitrogen and oxygen atoms in total. The molecule has 0 aliphatic heterocycles. The van der Waals surface area contributed by atoms with Gasteiger partial charge in [0.25, 0.3) is 0 Å². The second-order valence-electron chi connectivity index (χ2n) is 6.16. The second kappa shape index (κ2) is 9.84. The van der Waals surface area contributed by atoms with Crippen LogP contribution in [0.5, 0.6) is 5.75 Å². The summed E-state index contributed by atoms with van der Waals surface area (Å²) in [6.07, 6.45) is 0.800. The molecule has 2 aromatic rings. The van der Waals surface area contributed by atoms with Crippen molar-refractivity contribution >= 4 is 5.91 Å². The third kappa shape index (κ3) is 5.61. The predicted molar refractivity (Wildman–Crippen MR) is 102 cm³/mol. The van der Waals surface area contributed by atoms with E-state index in [9.17, 15) is 4.79 Å². The monoisotopic (exact) mass is 340 g/mol. The Kier molecular flexibility index (Phi) is 7.48. The smallest absolute Gasteiger partial charge is 0.244 e. The molecule has 0 N–H and O–H groups in total. The molecule has 0 bridgehead atoms. The van der Waals surface area contributed by atoms with Crippen molar-refractivity contribution in [3.05, 3.63) is 66.2 Å². The van der Waals surface area contributed by atoms with Gasteiger partial charge in [0.15, 0.2) is 0 Å². The average molecular weight is 340 g/mol. The molecule has 0 saturated carbocycles. The van der Waals surface area contributed by atoms with Gasteiger partial charge in [-0.15, -0.1) is 0 Å². The van der Waals surface area contributed by atoms with Crippen LogP contribution in [0, 0.1) is 0 Å². The first-order chi connectivity index (χ1) is 12.1. The number of hydrogen-bond donors (Lipinski definition) is 0. The summed E-state index contributed by atoms with van der Waals surface area (Å²) in [6.45, 7) is 4.15. The van der Waals surface area contributed by atoms with Crippen LogP contribution in [-0.4, -0.2) is 49.5 Å². The lowest BCUT2D eigenvalue weighted by atomic mass is 10.0. The van der Waals surface area contributed by atoms with Crippen LogP contribution in [0.4, 0.5) is 0 Å². The number of para-hydroxylation sites is 1. The van der Waals surface area contributed by atoms with E-state index in [-0.39, 0.29) is 11.9 Å². The zero-order valence-electron chi connectivity index (χ0n) is 15.4. The molecule has 1 amide bonds. The Balaban J connectivity index is 1.89. The summed E-state index contributed by atoms with van der Waals surface area (Å²) in [5, 5.41) is 0. The first kappa shape index (κ1) is 19.0. The van der Waals surface area contributed by atoms with Crippen LogP contribution in [-0.2, 0) is 4.79 Å². The van der Waals surface area contributed by atoms with Crippen molar-refractivity contribution < 1.29 is 9.53 Å². The molecule has 0 spiro atoms. The zero-order valence-corrected chi connectivity index (χ0v) is 15.4. The Labute approximate surface area is 151 Å². The minimum Gasteiger partial charge on any atom is -0.494 e. The lowest BCUT2D eigenvalue weighted by Gasteiger charge is -2.30. The largest absolute Gasteiger partial charge is 0.494 e. The molecule has 2 rings (SSSR count). The maximum absolute atomic E-state index is 13.0. The number of carbonyl (C=O) groups is 1. The number of rotatable bonds is 9. The molecule has 0 fully saturated rings. The summed E-state index contributed by atoms with van der Waals surface area (Å²) in [4.78, 5) is 16.8. The molecule has 2 aromatic carbocycles. The Bertz CT molecular complexity index is 631. The number of benzene rings is 2. The molecule has 1 unspecified atom stereocenters. The van der Waals surface area contributed by atoms with E-state index in [1.165, 1.54) is 0 Å². The molecule has 0 aromatic heterocycles. The highest BCUT2D eigenvalue weighted by atomic mass is 16.5. The SMILES string of the molecule is CCN(C)C(C(=O)N(C)CCCOc1ccccc1)c1ccccc1. The van der Waals surface area contributed by atoms with Gasteiger partial charge in [0, 0.05) is 13.6 Å². The van der Waals surface area contributed by atoms with Crippen molar-refractivity contribution in [2.24, 2.45) is 0 Å². The molecular weight excluding hydrogens is 312 g/mol. The Morgan fingerprint density at radius 3 is 2.20 bits per heavy atom. The van der Waals surface area contributed by atoms with Crippen LogP contribution < -0.4 is 4.74 Å². The average Bonchev–Trinajstić information content (AvgIpc) is 2.66. The number of ether oxygens (including phenoxy) is 1. The summed E-state index contributed by atoms with van der Waals surface area (Å²) in [5.74, 6) is 0.986. The molecule has 0 radical (unpaired) electrons. The Hall–Kier alpha value is -2.33. The summed E-state index contributed by atoms with van der Waals surface area (Å²) in [6, 6.07) is 19.5. The predicted octanol–water partition coefficient (Wildman–Crippen LogP) is 3.61. The molecule has 0 heterocycles. The fourth-order valence-corrected chi connectivity index (χ4v) is 2.73. The Morgan fingerprint density at radius 2 is 1.60 bits per heavy atom. The summed E-state index contributed by atoms with van der Waals surface area (Å²) in [7, 11) is 3.85. The van der Waals surface area contributed by atoms with E-state index in [0.29, 0.717) is 13.2 Å². The Morgan fingerprint density at radius 1 is 1.00 bits per heavy atom. The minimum atomic E-state index is -0.244. The van der Waals surface area contributed by atoms with E-state index in [2.05, 4.69) is 11.8 Å². The van der Waals surface area contributed by atoms with E-state index in [1.807, 2.05) is 74.8 Å². The molecule has 4 heteroatoms. The van der Waals surface area contributed by atoms with Gasteiger partial charge in [-0.25, -0.2) is 0 Å². The van der Waals surface area contributed by atoms with Gasteiger partial charge in [-0.1, -0.05) is 55.5 Å². The zero-order chi connectivity index (χ0) is 18.1. The van der Waals surface area contributed by atoms with Gasteiger partial charge in [-0.3, -0.25) is 9.69 Å². The van der Waals surface area contributed by atoms with Gasteiger partial charge >= 0.3 is 0 Å². The molecule has 134 valence electrons. The highest BCUT2D eigenvalue weighted by Crippen LogP contribution is 2.21. The number of likely N-dealkylation sites (N-methyl/N-ethyl adjacent to an activating group) is 2. The molecule has 1 atom stereocenters. The summed E-state index contributed by atoms with van der Waals surface area (Å²) < 4.78 is 5.70. The van der Waals surface area contributed by atoms with Gasteiger partial charge in [0.05, 0.1) is 6.61 Å². The number of carbonyl (C=O) groups excluding carboxylic acids is 1. The van der Waals surface area contributed by atoms with E-state index in [1.54, 1.807) is 4.90 Å². The van der Waals surface area contributed by atoms with E-state index >= 15 is 0 Å². The highest BCUT2D eigenvalue weighted by molar-refractivity contribution is 5.83. The number of nitrogens with zero attached hydrogens (tertiary/aromatic N) is 2. The van der Waals surface area contributed by atoms with Crippen LogP contribution in [0.15, 0.2) is 60.7 Å². The molecule has 25 heavy (non-hydrogen) atoms. The minimum absolute atomic E-state index is 0.121. The quantitative estimate of drug-likeness (QED) is 0.654. The standard InChI is InChI=1S/C21H28N2O2/c1-4-22(2)20(18-12-7-5-8-13-18)21(24)23(3)16-11-17-25-19-14-9-6-10-15-19/h5-10,12-15,20H,4,11,16-17H2,1-3H3. The highest BCUT2D eigenvalue weighted by Gasteiger charge is 2.26. The van der Waals surface area contributed by atoms with Crippen LogP contribution >= 0.6 is 0 Å². The first-order valence-corrected chi connectivity index (χ1v) is 8.81. The summed E-state index contributed by atoms with van der Waals surface area (Å²) in [5.41, 5.74) is 1.03. The maximum atomic E-state index is 13.0. The topological polar surface area (TPSA) is 32.8 Å². The van der Waals surface area contributed by atoms with Gasteiger partial charge in [0.1, 0.15) is 11.8 Å². The van der Waals surface area contributed by atoms with Gasteiger partial charge in [0.2, 0.25) is 5.91 Å². The first-order valence-electron chi connectivity index (χ1n) is 8.81. The van der Waals surface area contributed by atoms with Crippen LogP contribution in [0.25, 0.3) is 0 Å². The summed E-state index contributed by atoms with van der Waals surface area (Å²) >= 11 is 0. The van der Waals surface area contributed by atoms with Gasteiger partial charge in [-0.2, -0.15) is 0 Å². The maximum Gasteiger partial charge on any atom is 0.244 e. The van der Waals surface area contributed by atoms with Gasteiger partial charge in [-0.05, 0) is 37.7 Å². The lowest BCUT2D eigenvalue weighted by molar-refractivity contribution is -0.135. The fourth-order valence-electron chi connectivity index (χ4n) is 2.73. The van der Waals surface area contributed by atoms with E-state index in [4.69, 9.17) is 4.74 Å². The fraction of sp³-hybridized carbons (Fsp3) is 0.381. The van der Waals surface area contributed by atoms with E-state index < -0.39 is 0 Å². The van der Waals surface area contributed by atoms with Crippen molar-refractivity contribution in [3.8, 4) is 5.75 Å². The van der Waals surface area contributed by atoms with Crippen molar-refractivity contribution in [3.63, 3.8) is 0 Å². The molecular formula is C21H28N2O2. The van der Waals surface area contributed by atoms with Gasteiger partial charge < -0.3 is 9.64 Å². The van der Waals surface area contributed by atoms with Crippen molar-refractivity contribution in [2.75, 3.05) is 33.8 Å². The molecule has 0 saturated heterocycles. The van der Waals surface area contributed by atoms with Crippen LogP contribution in [0.1, 0.15) is 24.9 Å². The number of amides is 1. The van der Waals surface area contributed by atoms with Crippen molar-refractivity contribution in [1.29, 1.82) is 0 Å². The van der Waals surface area contributed by atoms with Crippen LogP contribution in [0.2, 0.25) is 0 Å². The third-order valence-electron chi connectivity index (χ3n) is 4.31. The second-order valence-corrected chi connectivity index (χ2v) is 6.16. The molecule has 0 aliphatic carbocycles. The van der Waals surface area contributed by atoms with Crippen LogP contribution in [0.3, 0.4) is 0 Å². The number of hydrogen-bond acceptors (Lipinski definition) is 3.